The van der Waals surface area contributed by atoms with Crippen LogP contribution < -0.4 is 14.8 Å². The van der Waals surface area contributed by atoms with Gasteiger partial charge in [0, 0.05) is 47.4 Å². The summed E-state index contributed by atoms with van der Waals surface area (Å²) in [7, 11) is 0. The molecule has 0 N–H and O–H groups in total. The Morgan fingerprint density at radius 1 is 0.413 bits per heavy atom. The van der Waals surface area contributed by atoms with Gasteiger partial charge in [-0.25, -0.2) is 0 Å². The minimum absolute atomic E-state index is 1.07. The number of para-hydroxylation sites is 6. The third-order valence-electron chi connectivity index (χ3n) is 8.41. The molecule has 1 heterocycles. The number of hydrogen-bond acceptors (Lipinski definition) is 1. The van der Waals surface area contributed by atoms with E-state index < -0.39 is 0 Å². The second-order valence-electron chi connectivity index (χ2n) is 11.3. The Morgan fingerprint density at radius 3 is 1.46 bits per heavy atom. The molecule has 3 heteroatoms. The maximum Gasteiger partial charge on any atom is 0.223 e. The lowest BCUT2D eigenvalue weighted by molar-refractivity contribution is 0.969. The van der Waals surface area contributed by atoms with Gasteiger partial charge in [-0.1, -0.05) is 109 Å². The quantitative estimate of drug-likeness (QED) is 0.138. The fourth-order valence-electron chi connectivity index (χ4n) is 6.39. The summed E-state index contributed by atoms with van der Waals surface area (Å²) in [6, 6.07) is 68.9. The molecule has 0 spiro atoms. The summed E-state index contributed by atoms with van der Waals surface area (Å²) in [4.78, 5) is 2.35. The first-order chi connectivity index (χ1) is 22.8. The highest BCUT2D eigenvalue weighted by molar-refractivity contribution is 5.90. The number of anilines is 3. The van der Waals surface area contributed by atoms with E-state index >= 15 is 0 Å². The van der Waals surface area contributed by atoms with E-state index in [0.717, 1.165) is 56.3 Å². The summed E-state index contributed by atoms with van der Waals surface area (Å²) >= 11 is 0. The third-order valence-corrected chi connectivity index (χ3v) is 8.41. The van der Waals surface area contributed by atoms with Gasteiger partial charge in [-0.2, -0.15) is 4.58 Å². The van der Waals surface area contributed by atoms with E-state index in [0.29, 0.717) is 0 Å². The van der Waals surface area contributed by atoms with Crippen LogP contribution >= 0.6 is 0 Å². The lowest BCUT2D eigenvalue weighted by atomic mass is 10.0. The van der Waals surface area contributed by atoms with Gasteiger partial charge in [0.2, 0.25) is 16.7 Å². The molecule has 6 aromatic carbocycles. The van der Waals surface area contributed by atoms with Gasteiger partial charge in [0.1, 0.15) is 0 Å². The van der Waals surface area contributed by atoms with Crippen LogP contribution in [0.3, 0.4) is 0 Å². The molecule has 0 atom stereocenters. The van der Waals surface area contributed by atoms with Gasteiger partial charge >= 0.3 is 0 Å². The third kappa shape index (κ3) is 5.04. The monoisotopic (exact) mass is 590 g/mol. The van der Waals surface area contributed by atoms with Crippen molar-refractivity contribution in [1.29, 1.82) is 0 Å². The summed E-state index contributed by atoms with van der Waals surface area (Å²) < 4.78 is 4.78. The van der Waals surface area contributed by atoms with Crippen molar-refractivity contribution in [3.05, 3.63) is 199 Å². The molecule has 46 heavy (non-hydrogen) atoms. The number of nitrogens with zero attached hydrogens (tertiary/aromatic N) is 3. The second kappa shape index (κ2) is 12.1. The predicted molar refractivity (Wildman–Crippen MR) is 192 cm³/mol. The Morgan fingerprint density at radius 2 is 0.891 bits per heavy atom. The maximum atomic E-state index is 2.40. The van der Waals surface area contributed by atoms with Crippen molar-refractivity contribution in [2.45, 2.75) is 0 Å². The molecule has 218 valence electrons. The van der Waals surface area contributed by atoms with Gasteiger partial charge in [0.05, 0.1) is 22.5 Å². The van der Waals surface area contributed by atoms with E-state index in [1.807, 2.05) is 0 Å². The summed E-state index contributed by atoms with van der Waals surface area (Å²) in [5.74, 6) is 0. The fourth-order valence-corrected chi connectivity index (χ4v) is 6.39. The molecule has 0 fully saturated rings. The molecule has 0 bridgehead atoms. The average molecular weight is 591 g/mol. The molecule has 1 aliphatic carbocycles. The average Bonchev–Trinajstić information content (AvgIpc) is 3.13. The SMILES string of the molecule is c1ccc(N(c2ccccc2)c2cc3n(-c4ccccc4)c4ccccc4cc-3c(=[N+](c3ccccc3)c3ccccc3)c2)cc1. The molecule has 2 aliphatic rings. The first-order valence-electron chi connectivity index (χ1n) is 15.6. The molecule has 0 aromatic heterocycles. The van der Waals surface area contributed by atoms with Crippen LogP contribution in [0.25, 0.3) is 27.8 Å². The summed E-state index contributed by atoms with van der Waals surface area (Å²) in [6.07, 6.45) is 0. The van der Waals surface area contributed by atoms with E-state index in [4.69, 9.17) is 0 Å². The van der Waals surface area contributed by atoms with E-state index in [9.17, 15) is 0 Å². The van der Waals surface area contributed by atoms with Gasteiger partial charge in [0.25, 0.3) is 0 Å². The molecular formula is C43H32N3+. The molecule has 0 amide bonds. The Labute approximate surface area is 269 Å². The van der Waals surface area contributed by atoms with E-state index in [2.05, 4.69) is 208 Å². The molecule has 0 radical (unpaired) electrons. The van der Waals surface area contributed by atoms with Gasteiger partial charge < -0.3 is 9.47 Å². The Kier molecular flexibility index (Phi) is 7.18. The van der Waals surface area contributed by atoms with Crippen LogP contribution in [0.5, 0.6) is 0 Å². The highest BCUT2D eigenvalue weighted by Crippen LogP contribution is 2.38. The standard InChI is InChI=1S/C43H32N3/c1-6-19-34(20-7-1)44(35-21-8-2-9-22-35)39-31-42(45(36-23-10-3-11-24-36)37-25-12-4-13-26-37)40-30-33-18-16-17-29-41(33)46(43(40)32-39)38-27-14-5-15-28-38/h1-32H/q+1. The number of rotatable bonds is 6. The molecule has 0 unspecified atom stereocenters. The minimum Gasteiger partial charge on any atom is -0.310 e. The number of pyridine rings is 1. The van der Waals surface area contributed by atoms with E-state index in [-0.39, 0.29) is 0 Å². The van der Waals surface area contributed by atoms with Crippen LogP contribution in [0.2, 0.25) is 0 Å². The first-order valence-corrected chi connectivity index (χ1v) is 15.6. The highest BCUT2D eigenvalue weighted by atomic mass is 15.1. The maximum absolute atomic E-state index is 2.40. The normalized spacial score (nSPS) is 11.0. The van der Waals surface area contributed by atoms with Crippen molar-refractivity contribution in [2.75, 3.05) is 4.90 Å². The highest BCUT2D eigenvalue weighted by Gasteiger charge is 2.25. The zero-order valence-electron chi connectivity index (χ0n) is 25.3. The zero-order chi connectivity index (χ0) is 30.7. The summed E-state index contributed by atoms with van der Waals surface area (Å²) in [5, 5.41) is 2.27. The minimum atomic E-state index is 1.07. The number of fused-ring (bicyclic) bond motifs is 2. The van der Waals surface area contributed by atoms with Gasteiger partial charge in [-0.05, 0) is 60.0 Å². The van der Waals surface area contributed by atoms with Crippen LogP contribution in [0, 0.1) is 0 Å². The molecule has 0 saturated heterocycles. The first kappa shape index (κ1) is 27.4. The van der Waals surface area contributed by atoms with Crippen LogP contribution in [-0.4, -0.2) is 4.57 Å². The summed E-state index contributed by atoms with van der Waals surface area (Å²) in [5.41, 5.74) is 9.98. The van der Waals surface area contributed by atoms with E-state index in [1.165, 1.54) is 5.39 Å². The van der Waals surface area contributed by atoms with Crippen LogP contribution in [0.15, 0.2) is 194 Å². The van der Waals surface area contributed by atoms with Crippen LogP contribution in [0.4, 0.5) is 28.4 Å². The summed E-state index contributed by atoms with van der Waals surface area (Å²) in [6.45, 7) is 0. The van der Waals surface area contributed by atoms with Crippen LogP contribution in [0.1, 0.15) is 0 Å². The zero-order valence-corrected chi connectivity index (χ0v) is 25.3. The van der Waals surface area contributed by atoms with Gasteiger partial charge in [-0.3, -0.25) is 0 Å². The van der Waals surface area contributed by atoms with Crippen molar-refractivity contribution in [1.82, 2.24) is 9.14 Å². The molecule has 3 nitrogen and oxygen atoms in total. The Balaban J connectivity index is 1.59. The molecule has 6 aromatic rings. The molecule has 0 saturated carbocycles. The predicted octanol–water partition coefficient (Wildman–Crippen LogP) is 10.6. The Hall–Kier alpha value is -6.19. The fraction of sp³-hybridized carbons (Fsp3) is 0. The topological polar surface area (TPSA) is 11.2 Å². The smallest absolute Gasteiger partial charge is 0.223 e. The van der Waals surface area contributed by atoms with Gasteiger partial charge in [-0.15, -0.1) is 0 Å². The van der Waals surface area contributed by atoms with Crippen molar-refractivity contribution < 1.29 is 0 Å². The van der Waals surface area contributed by atoms with Crippen molar-refractivity contribution in [3.8, 4) is 16.9 Å². The molecular weight excluding hydrogens is 558 g/mol. The second-order valence-corrected chi connectivity index (χ2v) is 11.3. The van der Waals surface area contributed by atoms with Crippen molar-refractivity contribution >= 4 is 39.3 Å². The largest absolute Gasteiger partial charge is 0.310 e. The van der Waals surface area contributed by atoms with Crippen molar-refractivity contribution in [2.24, 2.45) is 0 Å². The van der Waals surface area contributed by atoms with Crippen LogP contribution in [-0.2, 0) is 0 Å². The lowest BCUT2D eigenvalue weighted by Crippen LogP contribution is -2.27. The number of hydrogen-bond donors (Lipinski definition) is 0. The van der Waals surface area contributed by atoms with Gasteiger partial charge in [0.15, 0.2) is 0 Å². The Bertz CT molecular complexity index is 2200. The van der Waals surface area contributed by atoms with Crippen molar-refractivity contribution in [3.63, 3.8) is 0 Å². The molecule has 8 rings (SSSR count). The number of benzene rings is 7. The van der Waals surface area contributed by atoms with E-state index in [1.54, 1.807) is 0 Å². The molecule has 1 aliphatic heterocycles. The lowest BCUT2D eigenvalue weighted by Gasteiger charge is -2.27. The number of aromatic nitrogens is 1.